The second-order valence-corrected chi connectivity index (χ2v) is 5.19. The molecule has 94 valence electrons. The molecule has 0 spiro atoms. The molecule has 0 saturated heterocycles. The Kier molecular flexibility index (Phi) is 4.20. The van der Waals surface area contributed by atoms with Gasteiger partial charge in [-0.2, -0.15) is 0 Å². The molecule has 18 heavy (non-hydrogen) atoms. The van der Waals surface area contributed by atoms with E-state index in [9.17, 15) is 0 Å². The molecule has 0 amide bonds. The largest absolute Gasteiger partial charge is 0.397 e. The van der Waals surface area contributed by atoms with E-state index in [0.29, 0.717) is 11.7 Å². The first-order chi connectivity index (χ1) is 8.65. The molecule has 3 N–H and O–H groups in total. The molecule has 0 aliphatic carbocycles. The van der Waals surface area contributed by atoms with E-state index in [1.165, 1.54) is 5.56 Å². The Labute approximate surface area is 116 Å². The van der Waals surface area contributed by atoms with E-state index in [1.807, 2.05) is 12.1 Å². The standard InChI is InChI=1S/C14H16BrN3/c1-10(7-11-5-3-2-4-6-11)18-14-13(15)8-12(16)9-17-14/h2-6,8-10H,7,16H2,1H3,(H,17,18). The van der Waals surface area contributed by atoms with Crippen LogP contribution < -0.4 is 11.1 Å². The highest BCUT2D eigenvalue weighted by atomic mass is 79.9. The number of nitrogens with zero attached hydrogens (tertiary/aromatic N) is 1. The minimum atomic E-state index is 0.305. The Morgan fingerprint density at radius 3 is 2.72 bits per heavy atom. The summed E-state index contributed by atoms with van der Waals surface area (Å²) in [4.78, 5) is 4.28. The second-order valence-electron chi connectivity index (χ2n) is 4.33. The van der Waals surface area contributed by atoms with Crippen LogP contribution in [-0.2, 0) is 6.42 Å². The molecule has 2 rings (SSSR count). The molecule has 0 aliphatic rings. The number of rotatable bonds is 4. The van der Waals surface area contributed by atoms with Crippen molar-refractivity contribution in [2.24, 2.45) is 0 Å². The van der Waals surface area contributed by atoms with Gasteiger partial charge in [-0.1, -0.05) is 30.3 Å². The number of nitrogens with one attached hydrogen (secondary N) is 1. The lowest BCUT2D eigenvalue weighted by Crippen LogP contribution is -2.19. The van der Waals surface area contributed by atoms with E-state index in [1.54, 1.807) is 6.20 Å². The fraction of sp³-hybridized carbons (Fsp3) is 0.214. The first-order valence-corrected chi connectivity index (χ1v) is 6.66. The van der Waals surface area contributed by atoms with E-state index >= 15 is 0 Å². The van der Waals surface area contributed by atoms with E-state index in [0.717, 1.165) is 16.7 Å². The summed E-state index contributed by atoms with van der Waals surface area (Å²) in [6.45, 7) is 2.14. The third-order valence-corrected chi connectivity index (χ3v) is 3.23. The fourth-order valence-corrected chi connectivity index (χ4v) is 2.29. The zero-order valence-electron chi connectivity index (χ0n) is 10.2. The molecule has 3 nitrogen and oxygen atoms in total. The Morgan fingerprint density at radius 2 is 2.06 bits per heavy atom. The fourth-order valence-electron chi connectivity index (χ4n) is 1.81. The average molecular weight is 306 g/mol. The van der Waals surface area contributed by atoms with Crippen molar-refractivity contribution in [1.29, 1.82) is 0 Å². The van der Waals surface area contributed by atoms with Gasteiger partial charge in [0.05, 0.1) is 16.4 Å². The second kappa shape index (κ2) is 5.87. The normalized spacial score (nSPS) is 12.1. The van der Waals surface area contributed by atoms with Crippen molar-refractivity contribution < 1.29 is 0 Å². The Morgan fingerprint density at radius 1 is 1.33 bits per heavy atom. The van der Waals surface area contributed by atoms with Crippen molar-refractivity contribution in [3.8, 4) is 0 Å². The summed E-state index contributed by atoms with van der Waals surface area (Å²) in [7, 11) is 0. The molecule has 0 fully saturated rings. The first-order valence-electron chi connectivity index (χ1n) is 5.86. The molecule has 1 atom stereocenters. The average Bonchev–Trinajstić information content (AvgIpc) is 2.34. The SMILES string of the molecule is CC(Cc1ccccc1)Nc1ncc(N)cc1Br. The maximum atomic E-state index is 5.66. The summed E-state index contributed by atoms with van der Waals surface area (Å²) < 4.78 is 0.891. The van der Waals surface area contributed by atoms with Crippen molar-refractivity contribution in [3.05, 3.63) is 52.6 Å². The molecule has 0 saturated carbocycles. The molecule has 2 aromatic rings. The van der Waals surface area contributed by atoms with Crippen LogP contribution in [0.15, 0.2) is 47.1 Å². The van der Waals surface area contributed by atoms with E-state index in [-0.39, 0.29) is 0 Å². The maximum absolute atomic E-state index is 5.66. The van der Waals surface area contributed by atoms with Crippen LogP contribution in [0.5, 0.6) is 0 Å². The summed E-state index contributed by atoms with van der Waals surface area (Å²) in [6, 6.07) is 12.6. The summed E-state index contributed by atoms with van der Waals surface area (Å²) in [5, 5.41) is 3.37. The van der Waals surface area contributed by atoms with E-state index < -0.39 is 0 Å². The molecule has 1 aromatic heterocycles. The topological polar surface area (TPSA) is 50.9 Å². The van der Waals surface area contributed by atoms with Crippen LogP contribution in [0.2, 0.25) is 0 Å². The molecular formula is C14H16BrN3. The number of halogens is 1. The zero-order valence-corrected chi connectivity index (χ0v) is 11.8. The van der Waals surface area contributed by atoms with Crippen molar-refractivity contribution in [2.45, 2.75) is 19.4 Å². The lowest BCUT2D eigenvalue weighted by atomic mass is 10.1. The molecule has 1 unspecified atom stereocenters. The molecule has 0 aliphatic heterocycles. The van der Waals surface area contributed by atoms with Crippen LogP contribution >= 0.6 is 15.9 Å². The number of hydrogen-bond acceptors (Lipinski definition) is 3. The number of benzene rings is 1. The van der Waals surface area contributed by atoms with Gasteiger partial charge >= 0.3 is 0 Å². The quantitative estimate of drug-likeness (QED) is 0.909. The zero-order chi connectivity index (χ0) is 13.0. The highest BCUT2D eigenvalue weighted by Gasteiger charge is 2.07. The summed E-state index contributed by atoms with van der Waals surface area (Å²) in [6.07, 6.45) is 2.61. The number of nitrogens with two attached hydrogens (primary N) is 1. The van der Waals surface area contributed by atoms with Gasteiger partial charge in [0, 0.05) is 6.04 Å². The minimum absolute atomic E-state index is 0.305. The van der Waals surface area contributed by atoms with Gasteiger partial charge in [0.2, 0.25) is 0 Å². The first kappa shape index (κ1) is 12.9. The lowest BCUT2D eigenvalue weighted by Gasteiger charge is -2.15. The third kappa shape index (κ3) is 3.47. The maximum Gasteiger partial charge on any atom is 0.140 e. The van der Waals surface area contributed by atoms with Gasteiger partial charge in [-0.05, 0) is 40.9 Å². The molecule has 4 heteroatoms. The predicted octanol–water partition coefficient (Wildman–Crippen LogP) is 3.47. The number of aromatic nitrogens is 1. The predicted molar refractivity (Wildman–Crippen MR) is 79.6 cm³/mol. The molecule has 1 heterocycles. The summed E-state index contributed by atoms with van der Waals surface area (Å²) >= 11 is 3.46. The Balaban J connectivity index is 2.01. The van der Waals surface area contributed by atoms with Gasteiger partial charge in [0.25, 0.3) is 0 Å². The Hall–Kier alpha value is -1.55. The van der Waals surface area contributed by atoms with Crippen LogP contribution in [0, 0.1) is 0 Å². The molecule has 0 radical (unpaired) electrons. The summed E-state index contributed by atoms with van der Waals surface area (Å²) in [5.41, 5.74) is 7.63. The lowest BCUT2D eigenvalue weighted by molar-refractivity contribution is 0.784. The third-order valence-electron chi connectivity index (χ3n) is 2.63. The smallest absolute Gasteiger partial charge is 0.140 e. The molecule has 0 bridgehead atoms. The van der Waals surface area contributed by atoms with Gasteiger partial charge in [0.1, 0.15) is 5.82 Å². The number of pyridine rings is 1. The number of anilines is 2. The minimum Gasteiger partial charge on any atom is -0.397 e. The molecule has 1 aromatic carbocycles. The van der Waals surface area contributed by atoms with Crippen LogP contribution in [0.25, 0.3) is 0 Å². The van der Waals surface area contributed by atoms with Crippen LogP contribution in [0.3, 0.4) is 0 Å². The van der Waals surface area contributed by atoms with Crippen LogP contribution in [-0.4, -0.2) is 11.0 Å². The van der Waals surface area contributed by atoms with Crippen molar-refractivity contribution in [2.75, 3.05) is 11.1 Å². The van der Waals surface area contributed by atoms with Gasteiger partial charge in [-0.15, -0.1) is 0 Å². The van der Waals surface area contributed by atoms with E-state index in [2.05, 4.69) is 57.4 Å². The van der Waals surface area contributed by atoms with Gasteiger partial charge in [-0.3, -0.25) is 0 Å². The van der Waals surface area contributed by atoms with Gasteiger partial charge in [0.15, 0.2) is 0 Å². The molecular weight excluding hydrogens is 290 g/mol. The van der Waals surface area contributed by atoms with Crippen molar-refractivity contribution in [1.82, 2.24) is 4.98 Å². The number of hydrogen-bond donors (Lipinski definition) is 2. The van der Waals surface area contributed by atoms with E-state index in [4.69, 9.17) is 5.73 Å². The highest BCUT2D eigenvalue weighted by Crippen LogP contribution is 2.22. The van der Waals surface area contributed by atoms with Crippen LogP contribution in [0.1, 0.15) is 12.5 Å². The summed E-state index contributed by atoms with van der Waals surface area (Å²) in [5.74, 6) is 0.827. The highest BCUT2D eigenvalue weighted by molar-refractivity contribution is 9.10. The van der Waals surface area contributed by atoms with Crippen molar-refractivity contribution >= 4 is 27.4 Å². The monoisotopic (exact) mass is 305 g/mol. The Bertz CT molecular complexity index is 514. The van der Waals surface area contributed by atoms with Gasteiger partial charge in [-0.25, -0.2) is 4.98 Å². The number of nitrogen functional groups attached to an aromatic ring is 1. The van der Waals surface area contributed by atoms with Gasteiger partial charge < -0.3 is 11.1 Å². The van der Waals surface area contributed by atoms with Crippen molar-refractivity contribution in [3.63, 3.8) is 0 Å². The van der Waals surface area contributed by atoms with Crippen LogP contribution in [0.4, 0.5) is 11.5 Å².